The van der Waals surface area contributed by atoms with Crippen LogP contribution in [0.2, 0.25) is 0 Å². The number of carbonyl (C=O) groups is 1. The summed E-state index contributed by atoms with van der Waals surface area (Å²) in [6, 6.07) is 2.63. The molecule has 1 aromatic carbocycles. The Hall–Kier alpha value is -2.55. The van der Waals surface area contributed by atoms with Crippen LogP contribution < -0.4 is 10.5 Å². The van der Waals surface area contributed by atoms with Gasteiger partial charge in [0.2, 0.25) is 0 Å². The third kappa shape index (κ3) is 2.27. The fourth-order valence-electron chi connectivity index (χ4n) is 1.09. The maximum absolute atomic E-state index is 10.7. The molecular formula is C10H8N2O4. The predicted molar refractivity (Wildman–Crippen MR) is 57.0 cm³/mol. The number of aldehydes is 1. The second-order valence-corrected chi connectivity index (χ2v) is 2.75. The lowest BCUT2D eigenvalue weighted by Crippen LogP contribution is -1.99. The molecule has 0 saturated carbocycles. The monoisotopic (exact) mass is 220 g/mol. The highest BCUT2D eigenvalue weighted by Crippen LogP contribution is 2.30. The van der Waals surface area contributed by atoms with Gasteiger partial charge in [-0.25, -0.2) is 0 Å². The first-order valence-electron chi connectivity index (χ1n) is 4.17. The van der Waals surface area contributed by atoms with Crippen molar-refractivity contribution in [1.82, 2.24) is 0 Å². The molecule has 0 amide bonds. The number of nitro groups is 1. The Morgan fingerprint density at radius 3 is 2.75 bits per heavy atom. The molecule has 0 atom stereocenters. The van der Waals surface area contributed by atoms with Gasteiger partial charge in [-0.2, -0.15) is 0 Å². The third-order valence-corrected chi connectivity index (χ3v) is 1.83. The van der Waals surface area contributed by atoms with Crippen LogP contribution in [0.5, 0.6) is 5.75 Å². The summed E-state index contributed by atoms with van der Waals surface area (Å²) >= 11 is 0. The molecule has 6 nitrogen and oxygen atoms in total. The van der Waals surface area contributed by atoms with Crippen LogP contribution in [0, 0.1) is 22.0 Å². The van der Waals surface area contributed by atoms with Gasteiger partial charge in [0.25, 0.3) is 5.69 Å². The highest BCUT2D eigenvalue weighted by atomic mass is 16.6. The van der Waals surface area contributed by atoms with Gasteiger partial charge < -0.3 is 10.5 Å². The smallest absolute Gasteiger partial charge is 0.297 e. The van der Waals surface area contributed by atoms with E-state index in [1.807, 2.05) is 0 Å². The molecule has 16 heavy (non-hydrogen) atoms. The summed E-state index contributed by atoms with van der Waals surface area (Å²) in [5.74, 6) is 4.80. The van der Waals surface area contributed by atoms with Gasteiger partial charge in [-0.1, -0.05) is 5.92 Å². The second-order valence-electron chi connectivity index (χ2n) is 2.75. The van der Waals surface area contributed by atoms with Gasteiger partial charge >= 0.3 is 0 Å². The number of nitrogens with zero attached hydrogens (tertiary/aromatic N) is 1. The normalized spacial score (nSPS) is 8.81. The minimum Gasteiger partial charge on any atom is -0.496 e. The Balaban J connectivity index is 3.42. The van der Waals surface area contributed by atoms with Crippen molar-refractivity contribution in [2.75, 3.05) is 12.8 Å². The number of hydrogen-bond acceptors (Lipinski definition) is 5. The Morgan fingerprint density at radius 2 is 2.25 bits per heavy atom. The summed E-state index contributed by atoms with van der Waals surface area (Å²) in [5.41, 5.74) is 5.35. The molecule has 6 heteroatoms. The van der Waals surface area contributed by atoms with Crippen LogP contribution in [-0.4, -0.2) is 18.3 Å². The fourth-order valence-corrected chi connectivity index (χ4v) is 1.09. The number of nitrogen functional groups attached to an aromatic ring is 1. The van der Waals surface area contributed by atoms with Crippen molar-refractivity contribution < 1.29 is 14.5 Å². The Morgan fingerprint density at radius 1 is 1.56 bits per heavy atom. The SMILES string of the molecule is COc1cc(C#CC=O)c(N)c([N+](=O)[O-])c1. The van der Waals surface area contributed by atoms with Gasteiger partial charge in [0.15, 0.2) is 6.29 Å². The van der Waals surface area contributed by atoms with E-state index in [4.69, 9.17) is 10.5 Å². The van der Waals surface area contributed by atoms with Crippen molar-refractivity contribution in [3.8, 4) is 17.6 Å². The van der Waals surface area contributed by atoms with Gasteiger partial charge in [-0.3, -0.25) is 14.9 Å². The summed E-state index contributed by atoms with van der Waals surface area (Å²) in [5, 5.41) is 10.7. The predicted octanol–water partition coefficient (Wildman–Crippen LogP) is 0.736. The lowest BCUT2D eigenvalue weighted by molar-refractivity contribution is -0.384. The molecule has 0 heterocycles. The van der Waals surface area contributed by atoms with Crippen molar-refractivity contribution in [2.45, 2.75) is 0 Å². The summed E-state index contributed by atoms with van der Waals surface area (Å²) in [6.45, 7) is 0. The summed E-state index contributed by atoms with van der Waals surface area (Å²) in [6.07, 6.45) is 0.380. The van der Waals surface area contributed by atoms with Crippen LogP contribution in [-0.2, 0) is 4.79 Å². The van der Waals surface area contributed by atoms with Crippen LogP contribution >= 0.6 is 0 Å². The molecule has 0 fully saturated rings. The molecule has 1 aromatic rings. The number of rotatable bonds is 2. The van der Waals surface area contributed by atoms with E-state index in [1.165, 1.54) is 19.2 Å². The molecule has 0 spiro atoms. The topological polar surface area (TPSA) is 95.5 Å². The first kappa shape index (κ1) is 11.5. The fraction of sp³-hybridized carbons (Fsp3) is 0.100. The van der Waals surface area contributed by atoms with E-state index in [2.05, 4.69) is 11.8 Å². The molecule has 82 valence electrons. The zero-order chi connectivity index (χ0) is 12.1. The zero-order valence-corrected chi connectivity index (χ0v) is 8.39. The average Bonchev–Trinajstić information content (AvgIpc) is 2.27. The van der Waals surface area contributed by atoms with Crippen molar-refractivity contribution >= 4 is 17.7 Å². The molecule has 0 aliphatic carbocycles. The summed E-state index contributed by atoms with van der Waals surface area (Å²) < 4.78 is 4.86. The highest BCUT2D eigenvalue weighted by molar-refractivity contribution is 5.77. The molecule has 1 rings (SSSR count). The third-order valence-electron chi connectivity index (χ3n) is 1.83. The van der Waals surface area contributed by atoms with Crippen molar-refractivity contribution in [3.63, 3.8) is 0 Å². The van der Waals surface area contributed by atoms with Gasteiger partial charge in [0.05, 0.1) is 23.7 Å². The highest BCUT2D eigenvalue weighted by Gasteiger charge is 2.16. The number of methoxy groups -OCH3 is 1. The van der Waals surface area contributed by atoms with E-state index in [9.17, 15) is 14.9 Å². The van der Waals surface area contributed by atoms with E-state index in [1.54, 1.807) is 0 Å². The maximum Gasteiger partial charge on any atom is 0.297 e. The standard InChI is InChI=1S/C10H8N2O4/c1-16-8-5-7(3-2-4-13)10(11)9(6-8)12(14)15/h4-6H,11H2,1H3. The number of carbonyl (C=O) groups excluding carboxylic acids is 1. The summed E-state index contributed by atoms with van der Waals surface area (Å²) in [4.78, 5) is 20.1. The van der Waals surface area contributed by atoms with Gasteiger partial charge in [-0.05, 0) is 12.0 Å². The zero-order valence-electron chi connectivity index (χ0n) is 8.39. The van der Waals surface area contributed by atoms with E-state index >= 15 is 0 Å². The average molecular weight is 220 g/mol. The van der Waals surface area contributed by atoms with Crippen LogP contribution in [0.1, 0.15) is 5.56 Å². The Kier molecular flexibility index (Phi) is 3.45. The van der Waals surface area contributed by atoms with E-state index < -0.39 is 4.92 Å². The number of nitrogens with two attached hydrogens (primary N) is 1. The Labute approximate surface area is 91.2 Å². The lowest BCUT2D eigenvalue weighted by atomic mass is 10.1. The van der Waals surface area contributed by atoms with Crippen LogP contribution in [0.25, 0.3) is 0 Å². The first-order valence-corrected chi connectivity index (χ1v) is 4.17. The maximum atomic E-state index is 10.7. The number of ether oxygens (including phenoxy) is 1. The molecular weight excluding hydrogens is 212 g/mol. The van der Waals surface area contributed by atoms with Gasteiger partial charge in [-0.15, -0.1) is 0 Å². The van der Waals surface area contributed by atoms with Gasteiger partial charge in [0, 0.05) is 0 Å². The van der Waals surface area contributed by atoms with E-state index in [-0.39, 0.29) is 22.7 Å². The Bertz CT molecular complexity index is 500. The molecule has 0 unspecified atom stereocenters. The molecule has 2 N–H and O–H groups in total. The number of anilines is 1. The van der Waals surface area contributed by atoms with Crippen molar-refractivity contribution in [1.29, 1.82) is 0 Å². The minimum atomic E-state index is -0.635. The number of benzene rings is 1. The minimum absolute atomic E-state index is 0.0832. The first-order chi connectivity index (χ1) is 7.60. The molecule has 0 saturated heterocycles. The molecule has 0 radical (unpaired) electrons. The largest absolute Gasteiger partial charge is 0.496 e. The summed E-state index contributed by atoms with van der Waals surface area (Å²) in [7, 11) is 1.37. The van der Waals surface area contributed by atoms with Gasteiger partial charge in [0.1, 0.15) is 11.4 Å². The van der Waals surface area contributed by atoms with Crippen LogP contribution in [0.3, 0.4) is 0 Å². The number of nitro benzene ring substituents is 1. The second kappa shape index (κ2) is 4.79. The van der Waals surface area contributed by atoms with Crippen molar-refractivity contribution in [2.24, 2.45) is 0 Å². The number of hydrogen-bond donors (Lipinski definition) is 1. The van der Waals surface area contributed by atoms with Crippen molar-refractivity contribution in [3.05, 3.63) is 27.8 Å². The van der Waals surface area contributed by atoms with Crippen LogP contribution in [0.4, 0.5) is 11.4 Å². The molecule has 0 bridgehead atoms. The lowest BCUT2D eigenvalue weighted by Gasteiger charge is -2.04. The van der Waals surface area contributed by atoms with E-state index in [0.717, 1.165) is 0 Å². The van der Waals surface area contributed by atoms with Crippen LogP contribution in [0.15, 0.2) is 12.1 Å². The molecule has 0 aliphatic rings. The molecule has 0 aliphatic heterocycles. The quantitative estimate of drug-likeness (QED) is 0.260. The molecule has 0 aromatic heterocycles. The van der Waals surface area contributed by atoms with E-state index in [0.29, 0.717) is 6.29 Å².